The molecule has 1 heterocycles. The highest BCUT2D eigenvalue weighted by Gasteiger charge is 2.11. The summed E-state index contributed by atoms with van der Waals surface area (Å²) in [6.45, 7) is 0.901. The van der Waals surface area contributed by atoms with Gasteiger partial charge in [-0.2, -0.15) is 11.8 Å². The van der Waals surface area contributed by atoms with Gasteiger partial charge in [0.1, 0.15) is 11.6 Å². The Hall–Kier alpha value is -0.320. The summed E-state index contributed by atoms with van der Waals surface area (Å²) in [4.78, 5) is 6.41. The van der Waals surface area contributed by atoms with Crippen molar-refractivity contribution in [3.63, 3.8) is 0 Å². The van der Waals surface area contributed by atoms with Crippen molar-refractivity contribution in [2.24, 2.45) is 0 Å². The highest BCUT2D eigenvalue weighted by molar-refractivity contribution is 7.98. The number of aromatic nitrogens is 1. The molecule has 0 atom stereocenters. The predicted octanol–water partition coefficient (Wildman–Crippen LogP) is 3.23. The lowest BCUT2D eigenvalue weighted by Crippen LogP contribution is -2.22. The van der Waals surface area contributed by atoms with Crippen LogP contribution in [0.15, 0.2) is 6.07 Å². The minimum atomic E-state index is 0.537. The fourth-order valence-corrected chi connectivity index (χ4v) is 2.29. The third kappa shape index (κ3) is 3.34. The summed E-state index contributed by atoms with van der Waals surface area (Å²) in [7, 11) is 3.76. The maximum absolute atomic E-state index is 6.11. The minimum absolute atomic E-state index is 0.537. The Kier molecular flexibility index (Phi) is 5.52. The van der Waals surface area contributed by atoms with Gasteiger partial charge < -0.3 is 10.2 Å². The lowest BCUT2D eigenvalue weighted by atomic mass is 10.4. The van der Waals surface area contributed by atoms with Crippen LogP contribution in [-0.4, -0.2) is 37.6 Å². The molecule has 0 aliphatic heterocycles. The number of anilines is 2. The molecule has 1 aromatic rings. The third-order valence-corrected chi connectivity index (χ3v) is 3.30. The highest BCUT2D eigenvalue weighted by atomic mass is 35.5. The van der Waals surface area contributed by atoms with E-state index >= 15 is 0 Å². The second-order valence-corrected chi connectivity index (χ2v) is 5.09. The van der Waals surface area contributed by atoms with Gasteiger partial charge in [-0.05, 0) is 12.3 Å². The Morgan fingerprint density at radius 3 is 2.69 bits per heavy atom. The summed E-state index contributed by atoms with van der Waals surface area (Å²) < 4.78 is 0. The molecule has 16 heavy (non-hydrogen) atoms. The minimum Gasteiger partial charge on any atom is -0.372 e. The first-order valence-corrected chi connectivity index (χ1v) is 6.99. The van der Waals surface area contributed by atoms with Gasteiger partial charge in [0.05, 0.1) is 10.0 Å². The van der Waals surface area contributed by atoms with Gasteiger partial charge in [-0.1, -0.05) is 23.2 Å². The molecular weight excluding hydrogens is 265 g/mol. The largest absolute Gasteiger partial charge is 0.372 e. The van der Waals surface area contributed by atoms with Gasteiger partial charge >= 0.3 is 0 Å². The molecule has 0 aliphatic rings. The molecule has 1 N–H and O–H groups in total. The van der Waals surface area contributed by atoms with Crippen LogP contribution in [0.25, 0.3) is 0 Å². The Morgan fingerprint density at radius 2 is 2.12 bits per heavy atom. The number of thioether (sulfide) groups is 1. The van der Waals surface area contributed by atoms with Crippen LogP contribution in [-0.2, 0) is 0 Å². The average Bonchev–Trinajstić information content (AvgIpc) is 2.26. The lowest BCUT2D eigenvalue weighted by Gasteiger charge is -2.20. The molecule has 6 heteroatoms. The summed E-state index contributed by atoms with van der Waals surface area (Å²) in [6, 6.07) is 1.72. The van der Waals surface area contributed by atoms with Gasteiger partial charge in [-0.25, -0.2) is 4.98 Å². The molecule has 0 aliphatic carbocycles. The van der Waals surface area contributed by atoms with Crippen LogP contribution in [0.1, 0.15) is 0 Å². The van der Waals surface area contributed by atoms with E-state index in [2.05, 4.69) is 16.6 Å². The molecule has 0 radical (unpaired) electrons. The van der Waals surface area contributed by atoms with Crippen molar-refractivity contribution < 1.29 is 0 Å². The van der Waals surface area contributed by atoms with Crippen molar-refractivity contribution in [1.29, 1.82) is 0 Å². The normalized spacial score (nSPS) is 10.3. The molecule has 0 spiro atoms. The van der Waals surface area contributed by atoms with Gasteiger partial charge in [0.15, 0.2) is 0 Å². The first-order chi connectivity index (χ1) is 7.60. The molecule has 3 nitrogen and oxygen atoms in total. The van der Waals surface area contributed by atoms with Crippen LogP contribution in [0.3, 0.4) is 0 Å². The summed E-state index contributed by atoms with van der Waals surface area (Å²) >= 11 is 13.9. The van der Waals surface area contributed by atoms with Crippen molar-refractivity contribution in [3.05, 3.63) is 16.1 Å². The fourth-order valence-electron chi connectivity index (χ4n) is 1.23. The van der Waals surface area contributed by atoms with E-state index in [1.807, 2.05) is 11.9 Å². The molecule has 0 amide bonds. The molecule has 1 aromatic heterocycles. The van der Waals surface area contributed by atoms with Gasteiger partial charge in [0.2, 0.25) is 0 Å². The quantitative estimate of drug-likeness (QED) is 0.896. The first kappa shape index (κ1) is 13.7. The summed E-state index contributed by atoms with van der Waals surface area (Å²) in [6.07, 6.45) is 2.07. The van der Waals surface area contributed by atoms with Crippen LogP contribution >= 0.6 is 35.0 Å². The van der Waals surface area contributed by atoms with Crippen LogP contribution in [0.2, 0.25) is 10.0 Å². The molecule has 0 fully saturated rings. The van der Waals surface area contributed by atoms with Crippen molar-refractivity contribution in [2.75, 3.05) is 42.9 Å². The fraction of sp³-hybridized carbons (Fsp3) is 0.500. The molecule has 0 unspecified atom stereocenters. The smallest absolute Gasteiger partial charge is 0.149 e. The molecule has 0 aromatic carbocycles. The monoisotopic (exact) mass is 279 g/mol. The lowest BCUT2D eigenvalue weighted by molar-refractivity contribution is 0.948. The molecule has 0 saturated carbocycles. The zero-order valence-corrected chi connectivity index (χ0v) is 11.9. The van der Waals surface area contributed by atoms with Crippen molar-refractivity contribution in [2.45, 2.75) is 0 Å². The van der Waals surface area contributed by atoms with Gasteiger partial charge in [-0.15, -0.1) is 0 Å². The van der Waals surface area contributed by atoms with Gasteiger partial charge in [-0.3, -0.25) is 0 Å². The maximum Gasteiger partial charge on any atom is 0.149 e. The van der Waals surface area contributed by atoms with E-state index in [1.54, 1.807) is 24.9 Å². The molecule has 1 rings (SSSR count). The summed E-state index contributed by atoms with van der Waals surface area (Å²) in [5.41, 5.74) is 0. The van der Waals surface area contributed by atoms with Crippen LogP contribution in [0.4, 0.5) is 11.6 Å². The Bertz CT molecular complexity index is 360. The van der Waals surface area contributed by atoms with E-state index in [9.17, 15) is 0 Å². The van der Waals surface area contributed by atoms with E-state index in [1.165, 1.54) is 0 Å². The number of nitrogens with one attached hydrogen (secondary N) is 1. The molecular formula is C10H15Cl2N3S. The molecule has 0 saturated heterocycles. The zero-order chi connectivity index (χ0) is 12.1. The Labute approximate surface area is 111 Å². The van der Waals surface area contributed by atoms with E-state index in [-0.39, 0.29) is 0 Å². The number of hydrogen-bond acceptors (Lipinski definition) is 4. The van der Waals surface area contributed by atoms with E-state index in [0.717, 1.165) is 18.1 Å². The number of nitrogens with zero attached hydrogens (tertiary/aromatic N) is 2. The molecule has 90 valence electrons. The first-order valence-electron chi connectivity index (χ1n) is 4.84. The van der Waals surface area contributed by atoms with Crippen molar-refractivity contribution in [1.82, 2.24) is 4.98 Å². The maximum atomic E-state index is 6.11. The van der Waals surface area contributed by atoms with Crippen molar-refractivity contribution >= 4 is 46.6 Å². The summed E-state index contributed by atoms with van der Waals surface area (Å²) in [5, 5.41) is 4.05. The van der Waals surface area contributed by atoms with Crippen molar-refractivity contribution in [3.8, 4) is 0 Å². The van der Waals surface area contributed by atoms with Crippen LogP contribution < -0.4 is 10.2 Å². The molecule has 0 bridgehead atoms. The number of hydrogen-bond donors (Lipinski definition) is 1. The number of rotatable bonds is 5. The van der Waals surface area contributed by atoms with Gasteiger partial charge in [0, 0.05) is 26.4 Å². The zero-order valence-electron chi connectivity index (χ0n) is 9.55. The average molecular weight is 280 g/mol. The van der Waals surface area contributed by atoms with Gasteiger partial charge in [0.25, 0.3) is 0 Å². The number of pyridine rings is 1. The van der Waals surface area contributed by atoms with E-state index in [4.69, 9.17) is 23.2 Å². The predicted molar refractivity (Wildman–Crippen MR) is 75.5 cm³/mol. The Morgan fingerprint density at radius 1 is 1.44 bits per heavy atom. The highest BCUT2D eigenvalue weighted by Crippen LogP contribution is 2.30. The van der Waals surface area contributed by atoms with Crippen LogP contribution in [0.5, 0.6) is 0 Å². The number of halogens is 2. The second-order valence-electron chi connectivity index (χ2n) is 3.29. The van der Waals surface area contributed by atoms with E-state index < -0.39 is 0 Å². The third-order valence-electron chi connectivity index (χ3n) is 2.14. The van der Waals surface area contributed by atoms with E-state index in [0.29, 0.717) is 15.9 Å². The standard InChI is InChI=1S/C10H15Cl2N3S/c1-13-9-7(11)6-8(12)10(14-9)15(2)4-5-16-3/h6H,4-5H2,1-3H3,(H,13,14). The topological polar surface area (TPSA) is 28.2 Å². The van der Waals surface area contributed by atoms with Crippen LogP contribution in [0, 0.1) is 0 Å². The Balaban J connectivity index is 2.94. The summed E-state index contributed by atoms with van der Waals surface area (Å²) in [5.74, 6) is 2.44. The second kappa shape index (κ2) is 6.42. The SMILES string of the molecule is CNc1nc(N(C)CCSC)c(Cl)cc1Cl.